The Hall–Kier alpha value is -3.22. The topological polar surface area (TPSA) is 122 Å². The molecule has 3 aromatic rings. The number of carbonyl (C=O) groups is 1. The zero-order valence-electron chi connectivity index (χ0n) is 14.7. The van der Waals surface area contributed by atoms with E-state index in [1.165, 1.54) is 6.07 Å². The van der Waals surface area contributed by atoms with E-state index in [-0.39, 0.29) is 5.69 Å². The number of rotatable bonds is 3. The number of amides is 1. The minimum absolute atomic E-state index is 0.193. The molecule has 1 unspecified atom stereocenters. The van der Waals surface area contributed by atoms with Crippen molar-refractivity contribution in [1.82, 2.24) is 13.9 Å². The SMILES string of the molecule is CC1(c2ccc(C#N)c(NC(=O)c3cc(Cl)sn3)c2)Cn2ccnc2C(N)=N1. The van der Waals surface area contributed by atoms with Gasteiger partial charge in [0, 0.05) is 18.5 Å². The van der Waals surface area contributed by atoms with Crippen molar-refractivity contribution in [3.8, 4) is 6.07 Å². The molecule has 140 valence electrons. The summed E-state index contributed by atoms with van der Waals surface area (Å²) in [6.45, 7) is 2.47. The molecule has 1 atom stereocenters. The van der Waals surface area contributed by atoms with Gasteiger partial charge in [-0.25, -0.2) is 4.98 Å². The van der Waals surface area contributed by atoms with Crippen LogP contribution in [0.2, 0.25) is 4.34 Å². The Morgan fingerprint density at radius 2 is 2.29 bits per heavy atom. The molecule has 3 heterocycles. The van der Waals surface area contributed by atoms with Crippen molar-refractivity contribution in [3.63, 3.8) is 0 Å². The zero-order chi connectivity index (χ0) is 19.9. The van der Waals surface area contributed by atoms with Gasteiger partial charge in [0.15, 0.2) is 11.7 Å². The smallest absolute Gasteiger partial charge is 0.275 e. The fraction of sp³-hybridized carbons (Fsp3) is 0.167. The lowest BCUT2D eigenvalue weighted by Crippen LogP contribution is -2.37. The third-order valence-corrected chi connectivity index (χ3v) is 5.41. The average molecular weight is 412 g/mol. The van der Waals surface area contributed by atoms with Gasteiger partial charge in [-0.1, -0.05) is 17.7 Å². The number of nitrogens with zero attached hydrogens (tertiary/aromatic N) is 5. The molecule has 0 bridgehead atoms. The van der Waals surface area contributed by atoms with Crippen LogP contribution in [0.4, 0.5) is 5.69 Å². The highest BCUT2D eigenvalue weighted by molar-refractivity contribution is 7.10. The lowest BCUT2D eigenvalue weighted by Gasteiger charge is -2.31. The lowest BCUT2D eigenvalue weighted by atomic mass is 9.90. The van der Waals surface area contributed by atoms with Gasteiger partial charge in [0.1, 0.15) is 21.6 Å². The van der Waals surface area contributed by atoms with Crippen molar-refractivity contribution in [2.24, 2.45) is 10.7 Å². The van der Waals surface area contributed by atoms with Crippen LogP contribution in [-0.2, 0) is 12.1 Å². The molecule has 10 heteroatoms. The van der Waals surface area contributed by atoms with Crippen LogP contribution >= 0.6 is 23.1 Å². The Bertz CT molecular complexity index is 1160. The van der Waals surface area contributed by atoms with E-state index in [9.17, 15) is 10.1 Å². The summed E-state index contributed by atoms with van der Waals surface area (Å²) in [5.74, 6) is 0.524. The first-order valence-electron chi connectivity index (χ1n) is 8.25. The Morgan fingerprint density at radius 1 is 1.46 bits per heavy atom. The van der Waals surface area contributed by atoms with Crippen molar-refractivity contribution >= 4 is 40.6 Å². The van der Waals surface area contributed by atoms with Crippen molar-refractivity contribution in [2.45, 2.75) is 19.0 Å². The quantitative estimate of drug-likeness (QED) is 0.686. The summed E-state index contributed by atoms with van der Waals surface area (Å²) in [5, 5.41) is 12.2. The maximum absolute atomic E-state index is 12.4. The monoisotopic (exact) mass is 411 g/mol. The molecule has 4 rings (SSSR count). The van der Waals surface area contributed by atoms with Gasteiger partial charge in [-0.15, -0.1) is 0 Å². The number of nitrogens with two attached hydrogens (primary N) is 1. The summed E-state index contributed by atoms with van der Waals surface area (Å²) < 4.78 is 6.33. The number of carbonyl (C=O) groups excluding carboxylic acids is 1. The van der Waals surface area contributed by atoms with E-state index < -0.39 is 11.4 Å². The Labute approximate surface area is 169 Å². The molecular formula is C18H14ClN7OS. The summed E-state index contributed by atoms with van der Waals surface area (Å²) >= 11 is 6.87. The number of aliphatic imine (C=N–C) groups is 1. The normalized spacial score (nSPS) is 18.1. The largest absolute Gasteiger partial charge is 0.381 e. The van der Waals surface area contributed by atoms with Crippen molar-refractivity contribution in [2.75, 3.05) is 5.32 Å². The van der Waals surface area contributed by atoms with Crippen LogP contribution in [0.25, 0.3) is 0 Å². The van der Waals surface area contributed by atoms with Crippen LogP contribution in [-0.4, -0.2) is 25.7 Å². The molecule has 1 aromatic carbocycles. The summed E-state index contributed by atoms with van der Waals surface area (Å²) in [7, 11) is 0. The standard InChI is InChI=1S/C18H14ClN7OS/c1-18(9-26-5-4-22-16(26)15(21)24-18)11-3-2-10(8-20)12(6-11)23-17(27)13-7-14(19)28-25-13/h2-7H,9H2,1H3,(H2,21,24)(H,23,27). The Morgan fingerprint density at radius 3 is 3.00 bits per heavy atom. The molecule has 0 saturated heterocycles. The highest BCUT2D eigenvalue weighted by atomic mass is 35.5. The summed E-state index contributed by atoms with van der Waals surface area (Å²) in [6.07, 6.45) is 3.51. The molecule has 0 saturated carbocycles. The molecule has 0 radical (unpaired) electrons. The highest BCUT2D eigenvalue weighted by Gasteiger charge is 2.33. The third-order valence-electron chi connectivity index (χ3n) is 4.51. The van der Waals surface area contributed by atoms with Crippen molar-refractivity contribution in [3.05, 3.63) is 63.6 Å². The van der Waals surface area contributed by atoms with Crippen molar-refractivity contribution < 1.29 is 4.79 Å². The third kappa shape index (κ3) is 3.13. The number of nitriles is 1. The second kappa shape index (κ2) is 6.74. The first kappa shape index (κ1) is 18.2. The molecular weight excluding hydrogens is 398 g/mol. The molecule has 2 aromatic heterocycles. The number of halogens is 1. The van der Waals surface area contributed by atoms with E-state index in [1.807, 2.05) is 23.8 Å². The lowest BCUT2D eigenvalue weighted by molar-refractivity contribution is 0.102. The minimum atomic E-state index is -0.671. The molecule has 1 amide bonds. The van der Waals surface area contributed by atoms with Gasteiger partial charge in [-0.05, 0) is 36.2 Å². The Balaban J connectivity index is 1.70. The van der Waals surface area contributed by atoms with E-state index in [0.29, 0.717) is 33.8 Å². The van der Waals surface area contributed by atoms with Gasteiger partial charge >= 0.3 is 0 Å². The minimum Gasteiger partial charge on any atom is -0.381 e. The number of imidazole rings is 1. The first-order valence-corrected chi connectivity index (χ1v) is 9.40. The number of benzene rings is 1. The summed E-state index contributed by atoms with van der Waals surface area (Å²) in [4.78, 5) is 21.3. The molecule has 3 N–H and O–H groups in total. The molecule has 28 heavy (non-hydrogen) atoms. The van der Waals surface area contributed by atoms with Crippen molar-refractivity contribution in [1.29, 1.82) is 5.26 Å². The molecule has 0 fully saturated rings. The van der Waals surface area contributed by atoms with E-state index in [0.717, 1.165) is 17.1 Å². The molecule has 8 nitrogen and oxygen atoms in total. The maximum atomic E-state index is 12.4. The second-order valence-corrected chi connectivity index (χ2v) is 7.93. The van der Waals surface area contributed by atoms with Crippen LogP contribution in [0.3, 0.4) is 0 Å². The number of nitrogens with one attached hydrogen (secondary N) is 1. The number of amidine groups is 1. The van der Waals surface area contributed by atoms with Crippen LogP contribution in [0, 0.1) is 11.3 Å². The molecule has 0 aliphatic carbocycles. The molecule has 0 spiro atoms. The summed E-state index contributed by atoms with van der Waals surface area (Å²) in [6, 6.07) is 8.77. The molecule has 1 aliphatic rings. The maximum Gasteiger partial charge on any atom is 0.275 e. The number of aromatic nitrogens is 3. The zero-order valence-corrected chi connectivity index (χ0v) is 16.3. The van der Waals surface area contributed by atoms with Crippen LogP contribution in [0.1, 0.15) is 34.4 Å². The predicted molar refractivity (Wildman–Crippen MR) is 107 cm³/mol. The number of hydrogen-bond acceptors (Lipinski definition) is 7. The second-order valence-electron chi connectivity index (χ2n) is 6.49. The van der Waals surface area contributed by atoms with E-state index in [2.05, 4.69) is 25.7 Å². The predicted octanol–water partition coefficient (Wildman–Crippen LogP) is 2.75. The van der Waals surface area contributed by atoms with Gasteiger partial charge in [-0.2, -0.15) is 9.64 Å². The van der Waals surface area contributed by atoms with Gasteiger partial charge in [0.05, 0.1) is 17.8 Å². The van der Waals surface area contributed by atoms with E-state index in [1.54, 1.807) is 18.3 Å². The van der Waals surface area contributed by atoms with Crippen LogP contribution in [0.15, 0.2) is 41.7 Å². The van der Waals surface area contributed by atoms with Gasteiger partial charge in [-0.3, -0.25) is 9.79 Å². The fourth-order valence-corrected chi connectivity index (χ4v) is 3.83. The number of hydrogen-bond donors (Lipinski definition) is 2. The van der Waals surface area contributed by atoms with Crippen LogP contribution in [0.5, 0.6) is 0 Å². The van der Waals surface area contributed by atoms with Gasteiger partial charge in [0.2, 0.25) is 0 Å². The number of anilines is 1. The average Bonchev–Trinajstić information content (AvgIpc) is 3.30. The molecule has 1 aliphatic heterocycles. The fourth-order valence-electron chi connectivity index (χ4n) is 3.14. The van der Waals surface area contributed by atoms with Crippen LogP contribution < -0.4 is 11.1 Å². The Kier molecular flexibility index (Phi) is 4.37. The summed E-state index contributed by atoms with van der Waals surface area (Å²) in [5.41, 5.74) is 7.12. The van der Waals surface area contributed by atoms with Gasteiger partial charge in [0.25, 0.3) is 5.91 Å². The first-order chi connectivity index (χ1) is 13.4. The van der Waals surface area contributed by atoms with E-state index in [4.69, 9.17) is 17.3 Å². The number of fused-ring (bicyclic) bond motifs is 1. The van der Waals surface area contributed by atoms with E-state index >= 15 is 0 Å². The highest BCUT2D eigenvalue weighted by Crippen LogP contribution is 2.34. The van der Waals surface area contributed by atoms with Gasteiger partial charge < -0.3 is 15.6 Å².